The molecular weight excluding hydrogens is 613 g/mol. The van der Waals surface area contributed by atoms with E-state index in [1.165, 1.54) is 63.9 Å². The van der Waals surface area contributed by atoms with Gasteiger partial charge in [-0.15, -0.1) is 11.3 Å². The summed E-state index contributed by atoms with van der Waals surface area (Å²) in [6.07, 6.45) is 0. The molecule has 8 aromatic carbocycles. The average Bonchev–Trinajstić information content (AvgIpc) is 3.72. The van der Waals surface area contributed by atoms with Crippen LogP contribution in [0.1, 0.15) is 0 Å². The standard InChI is InChI=1S/C46H30N2S/c1-3-13-31(14-4-1)33-15-11-18-35(29-33)47(36-27-25-32-26-28-44-45(39(32)30-36)38-20-8-10-24-43(38)49-44)41-22-12-23-42-46(41)37-19-7-9-21-40(37)48(42)34-16-5-2-6-17-34/h1-30H. The number of hydrogen-bond donors (Lipinski definition) is 0. The van der Waals surface area contributed by atoms with E-state index in [-0.39, 0.29) is 0 Å². The van der Waals surface area contributed by atoms with E-state index in [1.54, 1.807) is 0 Å². The normalized spacial score (nSPS) is 11.7. The van der Waals surface area contributed by atoms with Gasteiger partial charge in [0, 0.05) is 48.0 Å². The molecule has 3 heteroatoms. The van der Waals surface area contributed by atoms with Crippen molar-refractivity contribution in [2.45, 2.75) is 0 Å². The molecule has 10 aromatic rings. The fourth-order valence-corrected chi connectivity index (χ4v) is 8.72. The Morgan fingerprint density at radius 1 is 0.408 bits per heavy atom. The van der Waals surface area contributed by atoms with E-state index in [0.717, 1.165) is 22.7 Å². The predicted molar refractivity (Wildman–Crippen MR) is 211 cm³/mol. The van der Waals surface area contributed by atoms with Crippen LogP contribution in [0.4, 0.5) is 17.1 Å². The lowest BCUT2D eigenvalue weighted by molar-refractivity contribution is 1.18. The zero-order valence-electron chi connectivity index (χ0n) is 26.6. The van der Waals surface area contributed by atoms with Gasteiger partial charge in [-0.2, -0.15) is 0 Å². The Morgan fingerprint density at radius 3 is 1.96 bits per heavy atom. The number of anilines is 3. The van der Waals surface area contributed by atoms with E-state index >= 15 is 0 Å². The Kier molecular flexibility index (Phi) is 6.39. The van der Waals surface area contributed by atoms with Crippen molar-refractivity contribution < 1.29 is 0 Å². The number of rotatable bonds is 5. The minimum Gasteiger partial charge on any atom is -0.310 e. The molecule has 2 nitrogen and oxygen atoms in total. The largest absolute Gasteiger partial charge is 0.310 e. The van der Waals surface area contributed by atoms with Crippen molar-refractivity contribution in [1.29, 1.82) is 0 Å². The smallest absolute Gasteiger partial charge is 0.0562 e. The summed E-state index contributed by atoms with van der Waals surface area (Å²) >= 11 is 1.87. The Labute approximate surface area is 288 Å². The van der Waals surface area contributed by atoms with Crippen LogP contribution in [-0.4, -0.2) is 4.57 Å². The minimum absolute atomic E-state index is 1.12. The molecule has 0 saturated heterocycles. The SMILES string of the molecule is c1ccc(-c2cccc(N(c3ccc4ccc5sc6ccccc6c5c4c3)c3cccc4c3c3ccccc3n4-c3ccccc3)c2)cc1. The lowest BCUT2D eigenvalue weighted by Crippen LogP contribution is -2.10. The zero-order valence-corrected chi connectivity index (χ0v) is 27.4. The molecule has 0 aliphatic heterocycles. The van der Waals surface area contributed by atoms with Gasteiger partial charge in [0.15, 0.2) is 0 Å². The van der Waals surface area contributed by atoms with E-state index in [0.29, 0.717) is 0 Å². The summed E-state index contributed by atoms with van der Waals surface area (Å²) in [4.78, 5) is 2.46. The molecule has 0 amide bonds. The molecule has 0 saturated carbocycles. The fraction of sp³-hybridized carbons (Fsp3) is 0. The third-order valence-electron chi connectivity index (χ3n) is 9.74. The molecule has 0 atom stereocenters. The first-order valence-electron chi connectivity index (χ1n) is 16.7. The van der Waals surface area contributed by atoms with Crippen LogP contribution in [-0.2, 0) is 0 Å². The summed E-state index contributed by atoms with van der Waals surface area (Å²) < 4.78 is 5.03. The molecule has 0 bridgehead atoms. The predicted octanol–water partition coefficient (Wildman–Crippen LogP) is 13.4. The second-order valence-corrected chi connectivity index (χ2v) is 13.6. The summed E-state index contributed by atoms with van der Waals surface area (Å²) in [5.41, 5.74) is 9.32. The van der Waals surface area contributed by atoms with E-state index in [4.69, 9.17) is 0 Å². The molecule has 49 heavy (non-hydrogen) atoms. The van der Waals surface area contributed by atoms with Crippen LogP contribution in [0.3, 0.4) is 0 Å². The molecule has 0 unspecified atom stereocenters. The second-order valence-electron chi connectivity index (χ2n) is 12.6. The molecule has 230 valence electrons. The molecule has 2 aromatic heterocycles. The first kappa shape index (κ1) is 27.9. The van der Waals surface area contributed by atoms with E-state index in [2.05, 4.69) is 191 Å². The number of para-hydroxylation sites is 2. The summed E-state index contributed by atoms with van der Waals surface area (Å²) in [5.74, 6) is 0. The zero-order chi connectivity index (χ0) is 32.3. The van der Waals surface area contributed by atoms with Gasteiger partial charge in [-0.1, -0.05) is 115 Å². The van der Waals surface area contributed by atoms with E-state index < -0.39 is 0 Å². The third-order valence-corrected chi connectivity index (χ3v) is 10.9. The van der Waals surface area contributed by atoms with E-state index in [1.807, 2.05) is 11.3 Å². The number of fused-ring (bicyclic) bond motifs is 8. The van der Waals surface area contributed by atoms with Crippen LogP contribution in [0.15, 0.2) is 182 Å². The molecule has 0 aliphatic rings. The van der Waals surface area contributed by atoms with Crippen LogP contribution >= 0.6 is 11.3 Å². The van der Waals surface area contributed by atoms with Gasteiger partial charge in [-0.3, -0.25) is 0 Å². The number of nitrogens with zero attached hydrogens (tertiary/aromatic N) is 2. The van der Waals surface area contributed by atoms with Crippen LogP contribution in [0, 0.1) is 0 Å². The molecule has 0 N–H and O–H groups in total. The summed E-state index contributed by atoms with van der Waals surface area (Å²) in [7, 11) is 0. The highest BCUT2D eigenvalue weighted by atomic mass is 32.1. The Morgan fingerprint density at radius 2 is 1.08 bits per heavy atom. The first-order valence-corrected chi connectivity index (χ1v) is 17.5. The van der Waals surface area contributed by atoms with Crippen molar-refractivity contribution in [3.8, 4) is 16.8 Å². The Bertz CT molecular complexity index is 2830. The highest BCUT2D eigenvalue weighted by molar-refractivity contribution is 7.26. The van der Waals surface area contributed by atoms with Crippen molar-refractivity contribution in [2.24, 2.45) is 0 Å². The Hall–Kier alpha value is -6.16. The van der Waals surface area contributed by atoms with Crippen LogP contribution < -0.4 is 4.90 Å². The van der Waals surface area contributed by atoms with Crippen LogP contribution in [0.25, 0.3) is 69.6 Å². The van der Waals surface area contributed by atoms with Gasteiger partial charge in [-0.05, 0) is 88.6 Å². The van der Waals surface area contributed by atoms with Crippen LogP contribution in [0.2, 0.25) is 0 Å². The highest BCUT2D eigenvalue weighted by Gasteiger charge is 2.22. The second kappa shape index (κ2) is 11.2. The van der Waals surface area contributed by atoms with Crippen molar-refractivity contribution >= 4 is 81.1 Å². The number of thiophene rings is 1. The molecule has 0 spiro atoms. The van der Waals surface area contributed by atoms with Gasteiger partial charge in [0.05, 0.1) is 16.7 Å². The molecular formula is C46H30N2S. The van der Waals surface area contributed by atoms with Crippen molar-refractivity contribution in [1.82, 2.24) is 4.57 Å². The fourth-order valence-electron chi connectivity index (χ4n) is 7.59. The third kappa shape index (κ3) is 4.47. The van der Waals surface area contributed by atoms with Gasteiger partial charge >= 0.3 is 0 Å². The van der Waals surface area contributed by atoms with E-state index in [9.17, 15) is 0 Å². The van der Waals surface area contributed by atoms with Gasteiger partial charge in [0.2, 0.25) is 0 Å². The molecule has 0 radical (unpaired) electrons. The first-order chi connectivity index (χ1) is 24.3. The number of aromatic nitrogens is 1. The average molecular weight is 643 g/mol. The number of hydrogen-bond acceptors (Lipinski definition) is 2. The topological polar surface area (TPSA) is 8.17 Å². The van der Waals surface area contributed by atoms with Gasteiger partial charge in [0.1, 0.15) is 0 Å². The molecule has 0 aliphatic carbocycles. The lowest BCUT2D eigenvalue weighted by atomic mass is 10.0. The van der Waals surface area contributed by atoms with Crippen LogP contribution in [0.5, 0.6) is 0 Å². The maximum absolute atomic E-state index is 2.46. The quantitative estimate of drug-likeness (QED) is 0.181. The lowest BCUT2D eigenvalue weighted by Gasteiger charge is -2.27. The summed E-state index contributed by atoms with van der Waals surface area (Å²) in [5, 5.41) is 7.62. The maximum Gasteiger partial charge on any atom is 0.0562 e. The summed E-state index contributed by atoms with van der Waals surface area (Å²) in [6, 6.07) is 66.2. The summed E-state index contributed by atoms with van der Waals surface area (Å²) in [6.45, 7) is 0. The van der Waals surface area contributed by atoms with Gasteiger partial charge < -0.3 is 9.47 Å². The number of benzene rings is 8. The molecule has 10 rings (SSSR count). The molecule has 0 fully saturated rings. The van der Waals surface area contributed by atoms with Gasteiger partial charge in [-0.25, -0.2) is 0 Å². The Balaban J connectivity index is 1.29. The van der Waals surface area contributed by atoms with Crippen molar-refractivity contribution in [3.63, 3.8) is 0 Å². The van der Waals surface area contributed by atoms with Gasteiger partial charge in [0.25, 0.3) is 0 Å². The highest BCUT2D eigenvalue weighted by Crippen LogP contribution is 2.46. The monoisotopic (exact) mass is 642 g/mol. The minimum atomic E-state index is 1.12. The maximum atomic E-state index is 2.46. The van der Waals surface area contributed by atoms with Crippen molar-refractivity contribution in [2.75, 3.05) is 4.90 Å². The molecule has 2 heterocycles. The van der Waals surface area contributed by atoms with Crippen molar-refractivity contribution in [3.05, 3.63) is 182 Å².